The largest absolute Gasteiger partial charge is 0.493 e. The lowest BCUT2D eigenvalue weighted by Crippen LogP contribution is -2.20. The van der Waals surface area contributed by atoms with Crippen LogP contribution in [-0.2, 0) is 30.2 Å². The minimum atomic E-state index is -3.58. The van der Waals surface area contributed by atoms with E-state index < -0.39 is 22.3 Å². The van der Waals surface area contributed by atoms with Crippen LogP contribution in [0.4, 0.5) is 0 Å². The highest BCUT2D eigenvalue weighted by molar-refractivity contribution is 7.86. The summed E-state index contributed by atoms with van der Waals surface area (Å²) in [6.45, 7) is 0.0619. The third-order valence-electron chi connectivity index (χ3n) is 4.21. The van der Waals surface area contributed by atoms with Gasteiger partial charge in [-0.25, -0.2) is 0 Å². The molecule has 1 aromatic carbocycles. The number of fused-ring (bicyclic) bond motifs is 1. The van der Waals surface area contributed by atoms with Crippen LogP contribution in [0, 0.1) is 0 Å². The molecule has 0 aliphatic heterocycles. The van der Waals surface area contributed by atoms with Crippen molar-refractivity contribution in [2.24, 2.45) is 0 Å². The van der Waals surface area contributed by atoms with Crippen LogP contribution in [0.25, 0.3) is 0 Å². The maximum atomic E-state index is 11.6. The third kappa shape index (κ3) is 4.79. The monoisotopic (exact) mass is 390 g/mol. The Morgan fingerprint density at radius 1 is 1.08 bits per heavy atom. The van der Waals surface area contributed by atoms with Crippen LogP contribution in [0.2, 0.25) is 0 Å². The number of benzene rings is 1. The molecule has 8 nitrogen and oxygen atoms in total. The molecule has 148 valence electrons. The number of hydrogen-bond donors (Lipinski definition) is 0. The van der Waals surface area contributed by atoms with Gasteiger partial charge in [0.1, 0.15) is 6.79 Å². The molecule has 0 radical (unpaired) electrons. The maximum absolute atomic E-state index is 11.6. The fourth-order valence-electron chi connectivity index (χ4n) is 3.21. The smallest absolute Gasteiger partial charge is 0.264 e. The van der Waals surface area contributed by atoms with Crippen LogP contribution >= 0.6 is 0 Å². The van der Waals surface area contributed by atoms with E-state index >= 15 is 0 Å². The lowest BCUT2D eigenvalue weighted by Gasteiger charge is -2.23. The molecule has 0 heterocycles. The van der Waals surface area contributed by atoms with Crippen LogP contribution < -0.4 is 14.2 Å². The van der Waals surface area contributed by atoms with E-state index in [2.05, 4.69) is 0 Å². The van der Waals surface area contributed by atoms with Gasteiger partial charge in [-0.3, -0.25) is 4.18 Å². The van der Waals surface area contributed by atoms with Crippen molar-refractivity contribution in [3.8, 4) is 17.2 Å². The molecular formula is C17H26O8S. The Morgan fingerprint density at radius 2 is 1.77 bits per heavy atom. The van der Waals surface area contributed by atoms with Gasteiger partial charge in [0.25, 0.3) is 10.1 Å². The van der Waals surface area contributed by atoms with Gasteiger partial charge in [0.05, 0.1) is 39.8 Å². The quantitative estimate of drug-likeness (QED) is 0.379. The van der Waals surface area contributed by atoms with Crippen molar-refractivity contribution in [1.29, 1.82) is 0 Å². The van der Waals surface area contributed by atoms with Gasteiger partial charge < -0.3 is 23.7 Å². The molecule has 2 rings (SSSR count). The summed E-state index contributed by atoms with van der Waals surface area (Å²) in [6.07, 6.45) is 1.50. The third-order valence-corrected chi connectivity index (χ3v) is 4.83. The molecule has 0 bridgehead atoms. The Kier molecular flexibility index (Phi) is 7.10. The zero-order chi connectivity index (χ0) is 19.3. The van der Waals surface area contributed by atoms with Gasteiger partial charge in [-0.05, 0) is 24.5 Å². The zero-order valence-electron chi connectivity index (χ0n) is 15.7. The van der Waals surface area contributed by atoms with Crippen molar-refractivity contribution < 1.29 is 36.3 Å². The SMILES string of the molecule is COCOC1C[C@@H](OS(C)(=O)=O)CCc2c1cc(OC)c(OC)c2OC. The summed E-state index contributed by atoms with van der Waals surface area (Å²) in [7, 11) is 2.58. The van der Waals surface area contributed by atoms with Crippen LogP contribution in [0.3, 0.4) is 0 Å². The number of ether oxygens (including phenoxy) is 5. The summed E-state index contributed by atoms with van der Waals surface area (Å²) in [5, 5.41) is 0. The van der Waals surface area contributed by atoms with Crippen molar-refractivity contribution in [3.05, 3.63) is 17.2 Å². The normalized spacial score (nSPS) is 20.2. The summed E-state index contributed by atoms with van der Waals surface area (Å²) in [5.41, 5.74) is 1.72. The molecule has 0 aromatic heterocycles. The summed E-state index contributed by atoms with van der Waals surface area (Å²) >= 11 is 0. The highest BCUT2D eigenvalue weighted by Gasteiger charge is 2.32. The first-order valence-electron chi connectivity index (χ1n) is 8.15. The van der Waals surface area contributed by atoms with Crippen molar-refractivity contribution in [2.45, 2.75) is 31.5 Å². The molecule has 1 aliphatic rings. The second-order valence-electron chi connectivity index (χ2n) is 5.97. The van der Waals surface area contributed by atoms with Crippen LogP contribution in [0.5, 0.6) is 17.2 Å². The van der Waals surface area contributed by atoms with E-state index in [1.54, 1.807) is 14.2 Å². The molecule has 9 heteroatoms. The molecule has 26 heavy (non-hydrogen) atoms. The van der Waals surface area contributed by atoms with E-state index in [1.165, 1.54) is 14.2 Å². The second kappa shape index (κ2) is 8.90. The maximum Gasteiger partial charge on any atom is 0.264 e. The molecule has 0 fully saturated rings. The predicted octanol–water partition coefficient (Wildman–Crippen LogP) is 2.06. The lowest BCUT2D eigenvalue weighted by molar-refractivity contribution is -0.0833. The van der Waals surface area contributed by atoms with Crippen LogP contribution in [0.1, 0.15) is 30.1 Å². The van der Waals surface area contributed by atoms with Gasteiger partial charge in [0, 0.05) is 19.1 Å². The molecule has 0 N–H and O–H groups in total. The topological polar surface area (TPSA) is 89.5 Å². The van der Waals surface area contributed by atoms with Crippen molar-refractivity contribution in [1.82, 2.24) is 0 Å². The van der Waals surface area contributed by atoms with Crippen LogP contribution in [-0.4, -0.2) is 56.0 Å². The highest BCUT2D eigenvalue weighted by Crippen LogP contribution is 2.47. The average Bonchev–Trinajstić information content (AvgIpc) is 2.76. The molecule has 2 atom stereocenters. The standard InChI is InChI=1S/C17H26O8S/c1-20-10-24-14-8-11(25-26(5,18)19)6-7-12-13(14)9-15(21-2)17(23-4)16(12)22-3/h9,11,14H,6-8,10H2,1-5H3/t11-,14?/m0/s1. The Bertz CT molecular complexity index is 716. The van der Waals surface area contributed by atoms with E-state index in [1.807, 2.05) is 6.07 Å². The van der Waals surface area contributed by atoms with E-state index in [-0.39, 0.29) is 6.79 Å². The van der Waals surface area contributed by atoms with E-state index in [4.69, 9.17) is 27.9 Å². The van der Waals surface area contributed by atoms with Gasteiger partial charge >= 0.3 is 0 Å². The molecular weight excluding hydrogens is 364 g/mol. The first kappa shape index (κ1) is 20.8. The first-order chi connectivity index (χ1) is 12.3. The summed E-state index contributed by atoms with van der Waals surface area (Å²) < 4.78 is 55.7. The summed E-state index contributed by atoms with van der Waals surface area (Å²) in [6, 6.07) is 1.83. The summed E-state index contributed by atoms with van der Waals surface area (Å²) in [5.74, 6) is 1.55. The molecule has 1 unspecified atom stereocenters. The average molecular weight is 390 g/mol. The lowest BCUT2D eigenvalue weighted by atomic mass is 9.98. The van der Waals surface area contributed by atoms with Gasteiger partial charge in [-0.1, -0.05) is 0 Å². The Morgan fingerprint density at radius 3 is 2.31 bits per heavy atom. The molecule has 0 saturated carbocycles. The second-order valence-corrected chi connectivity index (χ2v) is 7.57. The minimum Gasteiger partial charge on any atom is -0.493 e. The fraction of sp³-hybridized carbons (Fsp3) is 0.647. The zero-order valence-corrected chi connectivity index (χ0v) is 16.6. The predicted molar refractivity (Wildman–Crippen MR) is 94.5 cm³/mol. The molecule has 1 aromatic rings. The van der Waals surface area contributed by atoms with Gasteiger partial charge in [-0.2, -0.15) is 8.42 Å². The molecule has 0 amide bonds. The molecule has 0 spiro atoms. The first-order valence-corrected chi connectivity index (χ1v) is 9.96. The van der Waals surface area contributed by atoms with Gasteiger partial charge in [0.15, 0.2) is 11.5 Å². The van der Waals surface area contributed by atoms with Gasteiger partial charge in [0.2, 0.25) is 5.75 Å². The van der Waals surface area contributed by atoms with E-state index in [9.17, 15) is 8.42 Å². The molecule has 1 aliphatic carbocycles. The Hall–Kier alpha value is -1.55. The van der Waals surface area contributed by atoms with Crippen LogP contribution in [0.15, 0.2) is 6.07 Å². The van der Waals surface area contributed by atoms with Crippen molar-refractivity contribution >= 4 is 10.1 Å². The number of hydrogen-bond acceptors (Lipinski definition) is 8. The number of methoxy groups -OCH3 is 4. The number of rotatable bonds is 8. The Balaban J connectivity index is 2.51. The van der Waals surface area contributed by atoms with E-state index in [0.717, 1.165) is 17.4 Å². The Labute approximate surface area is 154 Å². The molecule has 0 saturated heterocycles. The van der Waals surface area contributed by atoms with Crippen molar-refractivity contribution in [3.63, 3.8) is 0 Å². The van der Waals surface area contributed by atoms with Gasteiger partial charge in [-0.15, -0.1) is 0 Å². The summed E-state index contributed by atoms with van der Waals surface area (Å²) in [4.78, 5) is 0. The fourth-order valence-corrected chi connectivity index (χ4v) is 3.88. The van der Waals surface area contributed by atoms with E-state index in [0.29, 0.717) is 36.5 Å². The van der Waals surface area contributed by atoms with Crippen molar-refractivity contribution in [2.75, 3.05) is 41.5 Å². The minimum absolute atomic E-state index is 0.0619. The highest BCUT2D eigenvalue weighted by atomic mass is 32.2.